The van der Waals surface area contributed by atoms with Gasteiger partial charge in [0.2, 0.25) is 0 Å². The summed E-state index contributed by atoms with van der Waals surface area (Å²) >= 11 is 0. The van der Waals surface area contributed by atoms with E-state index in [1.807, 2.05) is 0 Å². The van der Waals surface area contributed by atoms with Crippen LogP contribution in [0.15, 0.2) is 158 Å². The van der Waals surface area contributed by atoms with Crippen molar-refractivity contribution in [2.45, 2.75) is 18.8 Å². The van der Waals surface area contributed by atoms with Crippen molar-refractivity contribution < 1.29 is 0 Å². The molecule has 1 aliphatic rings. The average molecular weight is 650 g/mol. The van der Waals surface area contributed by atoms with E-state index in [-0.39, 0.29) is 5.92 Å². The van der Waals surface area contributed by atoms with Crippen molar-refractivity contribution in [2.24, 2.45) is 0 Å². The largest absolute Gasteiger partial charge is 0.308 e. The van der Waals surface area contributed by atoms with Gasteiger partial charge in [-0.15, -0.1) is 0 Å². The maximum Gasteiger partial charge on any atom is 0.0724 e. The third-order valence-corrected chi connectivity index (χ3v) is 11.7. The summed E-state index contributed by atoms with van der Waals surface area (Å²) < 4.78 is 4.87. The van der Waals surface area contributed by atoms with E-state index in [2.05, 4.69) is 167 Å². The van der Waals surface area contributed by atoms with Crippen molar-refractivity contribution in [3.63, 3.8) is 0 Å². The lowest BCUT2D eigenvalue weighted by atomic mass is 9.85. The molecule has 3 heteroatoms. The lowest BCUT2D eigenvalue weighted by Crippen LogP contribution is -2.05. The van der Waals surface area contributed by atoms with Crippen molar-refractivity contribution in [1.29, 1.82) is 0 Å². The van der Waals surface area contributed by atoms with Crippen molar-refractivity contribution in [1.82, 2.24) is 14.0 Å². The van der Waals surface area contributed by atoms with Crippen LogP contribution in [0.25, 0.3) is 87.5 Å². The third-order valence-electron chi connectivity index (χ3n) is 11.7. The van der Waals surface area contributed by atoms with Crippen LogP contribution < -0.4 is 0 Å². The summed E-state index contributed by atoms with van der Waals surface area (Å²) in [5.74, 6) is 0.141. The molecule has 0 amide bonds. The molecule has 0 bridgehead atoms. The van der Waals surface area contributed by atoms with Gasteiger partial charge in [0.05, 0.1) is 33.8 Å². The quantitative estimate of drug-likeness (QED) is 0.183. The molecule has 3 nitrogen and oxygen atoms in total. The molecule has 0 saturated carbocycles. The number of nitrogens with zero attached hydrogens (tertiary/aromatic N) is 3. The molecule has 1 atom stereocenters. The predicted octanol–water partition coefficient (Wildman–Crippen LogP) is 12.2. The molecule has 0 N–H and O–H groups in total. The number of hydrogen-bond donors (Lipinski definition) is 0. The topological polar surface area (TPSA) is 22.2 Å². The summed E-state index contributed by atoms with van der Waals surface area (Å²) in [6.45, 7) is 0. The van der Waals surface area contributed by atoms with E-state index in [1.54, 1.807) is 0 Å². The first-order chi connectivity index (χ1) is 25.3. The smallest absolute Gasteiger partial charge is 0.0724 e. The molecule has 1 aliphatic carbocycles. The summed E-state index contributed by atoms with van der Waals surface area (Å²) in [6.07, 6.45) is 4.08. The van der Waals surface area contributed by atoms with Gasteiger partial charge in [0.15, 0.2) is 0 Å². The Labute approximate surface area is 294 Å². The maximum absolute atomic E-state index is 5.35. The van der Waals surface area contributed by atoms with Crippen LogP contribution in [0.3, 0.4) is 0 Å². The van der Waals surface area contributed by atoms with Crippen LogP contribution in [-0.2, 0) is 6.42 Å². The molecule has 7 aromatic carbocycles. The zero-order valence-electron chi connectivity index (χ0n) is 27.8. The predicted molar refractivity (Wildman–Crippen MR) is 213 cm³/mol. The van der Waals surface area contributed by atoms with Gasteiger partial charge in [0.1, 0.15) is 0 Å². The number of fused-ring (bicyclic) bond motifs is 14. The summed E-state index contributed by atoms with van der Waals surface area (Å²) in [5, 5.41) is 10.4. The van der Waals surface area contributed by atoms with E-state index in [0.717, 1.165) is 29.7 Å². The molecular formula is C48H31N3. The number of benzene rings is 7. The van der Waals surface area contributed by atoms with Gasteiger partial charge in [0.25, 0.3) is 0 Å². The van der Waals surface area contributed by atoms with Gasteiger partial charge in [-0.3, -0.25) is 4.98 Å². The summed E-state index contributed by atoms with van der Waals surface area (Å²) in [6, 6.07) is 56.1. The minimum Gasteiger partial charge on any atom is -0.308 e. The lowest BCUT2D eigenvalue weighted by molar-refractivity contribution is 0.707. The Kier molecular flexibility index (Phi) is 5.40. The normalized spacial score (nSPS) is 14.7. The molecule has 0 fully saturated rings. The SMILES string of the molecule is c1ccc(-n2c3ccccc3c3cc(C4CCc5cc6c7ccccc7n7c8ccccc8c(c5-c5cc8ccccc8cc54)c67)ncc32)cc1. The minimum atomic E-state index is 0.141. The van der Waals surface area contributed by atoms with Crippen LogP contribution in [0, 0.1) is 0 Å². The van der Waals surface area contributed by atoms with Crippen molar-refractivity contribution in [3.8, 4) is 16.8 Å². The van der Waals surface area contributed by atoms with Crippen LogP contribution in [0.5, 0.6) is 0 Å². The fourth-order valence-electron chi connectivity index (χ4n) is 9.54. The minimum absolute atomic E-state index is 0.141. The number of rotatable bonds is 2. The van der Waals surface area contributed by atoms with Crippen molar-refractivity contribution in [2.75, 3.05) is 0 Å². The highest BCUT2D eigenvalue weighted by molar-refractivity contribution is 6.28. The van der Waals surface area contributed by atoms with Gasteiger partial charge in [-0.05, 0) is 100 Å². The molecule has 4 aromatic heterocycles. The van der Waals surface area contributed by atoms with Crippen LogP contribution >= 0.6 is 0 Å². The summed E-state index contributed by atoms with van der Waals surface area (Å²) in [4.78, 5) is 5.35. The Morgan fingerprint density at radius 1 is 0.529 bits per heavy atom. The van der Waals surface area contributed by atoms with Crippen molar-refractivity contribution >= 4 is 70.7 Å². The fourth-order valence-corrected chi connectivity index (χ4v) is 9.54. The highest BCUT2D eigenvalue weighted by Crippen LogP contribution is 2.51. The standard InChI is InChI=1S/C48H31N3/c1-2-14-32(15-3-1)50-42-19-9-6-16-34(42)38-27-41(49-28-45(38)50)33-23-22-31-26-40-35-17-7-10-20-43(35)51-44-21-11-8-18-36(44)47(48(40)51)46(31)39-25-30-13-5-4-12-29(30)24-37(33)39/h1-21,24-28,33H,22-23H2. The molecule has 0 saturated heterocycles. The number of para-hydroxylation sites is 4. The van der Waals surface area contributed by atoms with Crippen LogP contribution in [0.2, 0.25) is 0 Å². The molecule has 238 valence electrons. The van der Waals surface area contributed by atoms with Gasteiger partial charge in [-0.1, -0.05) is 97.1 Å². The maximum atomic E-state index is 5.35. The van der Waals surface area contributed by atoms with E-state index in [1.165, 1.54) is 87.4 Å². The second kappa shape index (κ2) is 10.1. The zero-order valence-corrected chi connectivity index (χ0v) is 27.8. The van der Waals surface area contributed by atoms with Crippen LogP contribution in [0.1, 0.15) is 29.2 Å². The van der Waals surface area contributed by atoms with Crippen LogP contribution in [-0.4, -0.2) is 14.0 Å². The molecule has 0 aliphatic heterocycles. The fraction of sp³-hybridized carbons (Fsp3) is 0.0625. The summed E-state index contributed by atoms with van der Waals surface area (Å²) in [5.41, 5.74) is 14.1. The van der Waals surface area contributed by atoms with Gasteiger partial charge < -0.3 is 8.97 Å². The molecule has 11 aromatic rings. The average Bonchev–Trinajstić information content (AvgIpc) is 3.79. The van der Waals surface area contributed by atoms with E-state index >= 15 is 0 Å². The van der Waals surface area contributed by atoms with Crippen LogP contribution in [0.4, 0.5) is 0 Å². The second-order valence-corrected chi connectivity index (χ2v) is 14.2. The number of hydrogen-bond acceptors (Lipinski definition) is 1. The first kappa shape index (κ1) is 27.4. The number of aryl methyl sites for hydroxylation is 1. The Balaban J connectivity index is 1.17. The number of pyridine rings is 1. The Morgan fingerprint density at radius 2 is 1.18 bits per heavy atom. The molecule has 4 heterocycles. The molecular weight excluding hydrogens is 619 g/mol. The lowest BCUT2D eigenvalue weighted by Gasteiger charge is -2.19. The second-order valence-electron chi connectivity index (χ2n) is 14.2. The molecule has 1 unspecified atom stereocenters. The van der Waals surface area contributed by atoms with E-state index in [0.29, 0.717) is 0 Å². The monoisotopic (exact) mass is 649 g/mol. The van der Waals surface area contributed by atoms with Gasteiger partial charge in [-0.2, -0.15) is 0 Å². The van der Waals surface area contributed by atoms with Gasteiger partial charge >= 0.3 is 0 Å². The third kappa shape index (κ3) is 3.65. The number of aromatic nitrogens is 3. The van der Waals surface area contributed by atoms with E-state index in [4.69, 9.17) is 4.98 Å². The Hall–Kier alpha value is -6.45. The Morgan fingerprint density at radius 3 is 1.98 bits per heavy atom. The molecule has 0 radical (unpaired) electrons. The van der Waals surface area contributed by atoms with E-state index < -0.39 is 0 Å². The summed E-state index contributed by atoms with van der Waals surface area (Å²) in [7, 11) is 0. The highest BCUT2D eigenvalue weighted by atomic mass is 15.0. The van der Waals surface area contributed by atoms with E-state index in [9.17, 15) is 0 Å². The Bertz CT molecular complexity index is 3200. The molecule has 0 spiro atoms. The first-order valence-corrected chi connectivity index (χ1v) is 18.0. The molecule has 12 rings (SSSR count). The van der Waals surface area contributed by atoms with Gasteiger partial charge in [0, 0.05) is 49.6 Å². The van der Waals surface area contributed by atoms with Gasteiger partial charge in [-0.25, -0.2) is 0 Å². The first-order valence-electron chi connectivity index (χ1n) is 18.0. The van der Waals surface area contributed by atoms with Crippen molar-refractivity contribution in [3.05, 3.63) is 175 Å². The zero-order chi connectivity index (χ0) is 33.2. The highest BCUT2D eigenvalue weighted by Gasteiger charge is 2.30. The molecule has 51 heavy (non-hydrogen) atoms.